The number of benzene rings is 2. The van der Waals surface area contributed by atoms with E-state index in [2.05, 4.69) is 10.3 Å². The highest BCUT2D eigenvalue weighted by Crippen LogP contribution is 2.25. The molecule has 0 atom stereocenters. The number of nitrogens with zero attached hydrogens (tertiary/aromatic N) is 3. The molecule has 0 saturated heterocycles. The van der Waals surface area contributed by atoms with Gasteiger partial charge < -0.3 is 13.7 Å². The van der Waals surface area contributed by atoms with Gasteiger partial charge in [0.05, 0.1) is 22.5 Å². The minimum Gasteiger partial charge on any atom is -0.457 e. The molecule has 3 heterocycles. The van der Waals surface area contributed by atoms with Crippen molar-refractivity contribution in [2.45, 2.75) is 20.5 Å². The number of hydrogen-bond donors (Lipinski definition) is 0. The van der Waals surface area contributed by atoms with Crippen LogP contribution in [0.4, 0.5) is 0 Å². The molecule has 5 rings (SSSR count). The van der Waals surface area contributed by atoms with Crippen LogP contribution in [-0.2, 0) is 16.1 Å². The Kier molecular flexibility index (Phi) is 5.85. The van der Waals surface area contributed by atoms with Crippen LogP contribution in [-0.4, -0.2) is 20.9 Å². The zero-order valence-corrected chi connectivity index (χ0v) is 19.1. The van der Waals surface area contributed by atoms with Crippen LogP contribution in [0.25, 0.3) is 34.0 Å². The molecule has 0 fully saturated rings. The predicted octanol–water partition coefficient (Wildman–Crippen LogP) is 5.01. The number of hydrogen-bond acceptors (Lipinski definition) is 7. The highest BCUT2D eigenvalue weighted by molar-refractivity contribution is 5.89. The van der Waals surface area contributed by atoms with Crippen LogP contribution >= 0.6 is 0 Å². The molecule has 0 spiro atoms. The van der Waals surface area contributed by atoms with Crippen molar-refractivity contribution < 1.29 is 18.5 Å². The number of para-hydroxylation sites is 2. The van der Waals surface area contributed by atoms with E-state index in [1.807, 2.05) is 42.5 Å². The lowest BCUT2D eigenvalue weighted by Crippen LogP contribution is -2.05. The first-order valence-corrected chi connectivity index (χ1v) is 10.9. The lowest BCUT2D eigenvalue weighted by molar-refractivity contribution is -0.138. The van der Waals surface area contributed by atoms with Gasteiger partial charge in [0.2, 0.25) is 0 Å². The standard InChI is InChI=1S/C27H21N3O5/c1-17-23(18(2)35-29-17)16-33-25(31)13-12-20-15-30(21-9-4-3-5-10-21)28-26(20)22-14-19-8-6-7-11-24(19)34-27(22)32/h3-15H,16H2,1-2H3. The minimum absolute atomic E-state index is 0.0503. The first-order chi connectivity index (χ1) is 17.0. The van der Waals surface area contributed by atoms with E-state index in [0.717, 1.165) is 16.6 Å². The molecule has 0 radical (unpaired) electrons. The molecule has 0 amide bonds. The Balaban J connectivity index is 1.50. The van der Waals surface area contributed by atoms with Crippen LogP contribution in [0.2, 0.25) is 0 Å². The average Bonchev–Trinajstić information content (AvgIpc) is 3.44. The van der Waals surface area contributed by atoms with Crippen LogP contribution in [0.1, 0.15) is 22.6 Å². The maximum atomic E-state index is 12.8. The summed E-state index contributed by atoms with van der Waals surface area (Å²) in [7, 11) is 0. The Hall–Kier alpha value is -4.72. The van der Waals surface area contributed by atoms with Crippen LogP contribution in [0.5, 0.6) is 0 Å². The number of carbonyl (C=O) groups is 1. The van der Waals surface area contributed by atoms with Gasteiger partial charge in [0, 0.05) is 23.2 Å². The molecule has 0 unspecified atom stereocenters. The summed E-state index contributed by atoms with van der Waals surface area (Å²) in [5.74, 6) is 0.0580. The Morgan fingerprint density at radius 2 is 1.86 bits per heavy atom. The Bertz CT molecular complexity index is 1590. The molecule has 0 N–H and O–H groups in total. The van der Waals surface area contributed by atoms with E-state index >= 15 is 0 Å². The maximum absolute atomic E-state index is 12.8. The molecule has 0 aliphatic rings. The van der Waals surface area contributed by atoms with Crippen molar-refractivity contribution in [1.29, 1.82) is 0 Å². The van der Waals surface area contributed by atoms with Gasteiger partial charge in [0.25, 0.3) is 0 Å². The molecule has 0 saturated carbocycles. The first kappa shape index (κ1) is 22.1. The Morgan fingerprint density at radius 3 is 2.63 bits per heavy atom. The first-order valence-electron chi connectivity index (χ1n) is 10.9. The summed E-state index contributed by atoms with van der Waals surface area (Å²) in [5.41, 5.74) is 3.43. The number of aromatic nitrogens is 3. The van der Waals surface area contributed by atoms with Crippen LogP contribution in [0, 0.1) is 13.8 Å². The number of fused-ring (bicyclic) bond motifs is 1. The predicted molar refractivity (Wildman–Crippen MR) is 130 cm³/mol. The molecule has 174 valence electrons. The summed E-state index contributed by atoms with van der Waals surface area (Å²) in [6, 6.07) is 18.5. The highest BCUT2D eigenvalue weighted by Gasteiger charge is 2.17. The number of carbonyl (C=O) groups excluding carboxylic acids is 1. The zero-order valence-electron chi connectivity index (χ0n) is 19.1. The van der Waals surface area contributed by atoms with Gasteiger partial charge in [-0.15, -0.1) is 0 Å². The molecule has 8 heteroatoms. The number of esters is 1. The molecule has 8 nitrogen and oxygen atoms in total. The third-order valence-corrected chi connectivity index (χ3v) is 5.60. The molecule has 5 aromatic rings. The van der Waals surface area contributed by atoms with Crippen molar-refractivity contribution in [1.82, 2.24) is 14.9 Å². The van der Waals surface area contributed by atoms with Gasteiger partial charge in [0.1, 0.15) is 23.6 Å². The summed E-state index contributed by atoms with van der Waals surface area (Å²) in [6.45, 7) is 3.60. The van der Waals surface area contributed by atoms with Gasteiger partial charge in [-0.2, -0.15) is 5.10 Å². The third-order valence-electron chi connectivity index (χ3n) is 5.60. The number of rotatable bonds is 6. The normalized spacial score (nSPS) is 11.4. The fourth-order valence-electron chi connectivity index (χ4n) is 3.72. The fourth-order valence-corrected chi connectivity index (χ4v) is 3.72. The summed E-state index contributed by atoms with van der Waals surface area (Å²) < 4.78 is 17.6. The molecule has 0 aliphatic heterocycles. The summed E-state index contributed by atoms with van der Waals surface area (Å²) in [5, 5.41) is 9.27. The van der Waals surface area contributed by atoms with Crippen LogP contribution in [0.15, 0.2) is 86.7 Å². The second-order valence-electron chi connectivity index (χ2n) is 7.94. The van der Waals surface area contributed by atoms with Crippen molar-refractivity contribution in [3.05, 3.63) is 106 Å². The van der Waals surface area contributed by atoms with E-state index in [1.54, 1.807) is 49.0 Å². The third kappa shape index (κ3) is 4.54. The van der Waals surface area contributed by atoms with Gasteiger partial charge in [-0.05, 0) is 44.2 Å². The van der Waals surface area contributed by atoms with E-state index in [9.17, 15) is 9.59 Å². The monoisotopic (exact) mass is 467 g/mol. The van der Waals surface area contributed by atoms with Gasteiger partial charge >= 0.3 is 11.6 Å². The second kappa shape index (κ2) is 9.26. The lowest BCUT2D eigenvalue weighted by atomic mass is 10.1. The minimum atomic E-state index is -0.547. The van der Waals surface area contributed by atoms with E-state index in [1.165, 1.54) is 6.08 Å². The van der Waals surface area contributed by atoms with Crippen molar-refractivity contribution in [2.24, 2.45) is 0 Å². The fraction of sp³-hybridized carbons (Fsp3) is 0.111. The van der Waals surface area contributed by atoms with Gasteiger partial charge in [-0.3, -0.25) is 0 Å². The second-order valence-corrected chi connectivity index (χ2v) is 7.94. The van der Waals surface area contributed by atoms with E-state index in [0.29, 0.717) is 33.9 Å². The summed E-state index contributed by atoms with van der Waals surface area (Å²) in [4.78, 5) is 25.3. The van der Waals surface area contributed by atoms with Crippen molar-refractivity contribution >= 4 is 23.0 Å². The van der Waals surface area contributed by atoms with Gasteiger partial charge in [0.15, 0.2) is 0 Å². The summed E-state index contributed by atoms with van der Waals surface area (Å²) in [6.07, 6.45) is 4.63. The maximum Gasteiger partial charge on any atom is 0.345 e. The quantitative estimate of drug-likeness (QED) is 0.197. The Morgan fingerprint density at radius 1 is 1.09 bits per heavy atom. The van der Waals surface area contributed by atoms with Gasteiger partial charge in [-0.25, -0.2) is 14.3 Å². The molecule has 3 aromatic heterocycles. The molecular formula is C27H21N3O5. The topological polar surface area (TPSA) is 100 Å². The summed E-state index contributed by atoms with van der Waals surface area (Å²) >= 11 is 0. The largest absolute Gasteiger partial charge is 0.457 e. The lowest BCUT2D eigenvalue weighted by Gasteiger charge is -2.02. The van der Waals surface area contributed by atoms with Crippen molar-refractivity contribution in [3.63, 3.8) is 0 Å². The molecular weight excluding hydrogens is 446 g/mol. The highest BCUT2D eigenvalue weighted by atomic mass is 16.5. The van der Waals surface area contributed by atoms with Crippen LogP contribution in [0.3, 0.4) is 0 Å². The van der Waals surface area contributed by atoms with E-state index < -0.39 is 11.6 Å². The van der Waals surface area contributed by atoms with Crippen molar-refractivity contribution in [3.8, 4) is 16.9 Å². The van der Waals surface area contributed by atoms with E-state index in [-0.39, 0.29) is 6.61 Å². The Labute approximate surface area is 200 Å². The molecule has 35 heavy (non-hydrogen) atoms. The average molecular weight is 467 g/mol. The van der Waals surface area contributed by atoms with Crippen molar-refractivity contribution in [2.75, 3.05) is 0 Å². The van der Waals surface area contributed by atoms with Gasteiger partial charge in [-0.1, -0.05) is 41.6 Å². The molecule has 0 bridgehead atoms. The molecule has 2 aromatic carbocycles. The number of aryl methyl sites for hydroxylation is 2. The molecule has 0 aliphatic carbocycles. The van der Waals surface area contributed by atoms with E-state index in [4.69, 9.17) is 13.7 Å². The smallest absolute Gasteiger partial charge is 0.345 e. The van der Waals surface area contributed by atoms with Crippen LogP contribution < -0.4 is 5.63 Å². The zero-order chi connectivity index (χ0) is 24.4. The number of ether oxygens (including phenoxy) is 1. The SMILES string of the molecule is Cc1noc(C)c1COC(=O)C=Cc1cn(-c2ccccc2)nc1-c1cc2ccccc2oc1=O.